The molecule has 0 aliphatic carbocycles. The summed E-state index contributed by atoms with van der Waals surface area (Å²) in [5.41, 5.74) is 1.23. The van der Waals surface area contributed by atoms with Crippen LogP contribution in [0.5, 0.6) is 0 Å². The molecule has 0 saturated heterocycles. The maximum Gasteiger partial charge on any atom is 0.240 e. The van der Waals surface area contributed by atoms with Gasteiger partial charge in [0.25, 0.3) is 0 Å². The first-order valence-corrected chi connectivity index (χ1v) is 7.34. The number of nitrogens with one attached hydrogen (secondary N) is 2. The van der Waals surface area contributed by atoms with E-state index in [-0.39, 0.29) is 23.8 Å². The molecule has 0 unspecified atom stereocenters. The minimum Gasteiger partial charge on any atom is -0.396 e. The van der Waals surface area contributed by atoms with E-state index in [0.717, 1.165) is 5.56 Å². The molecule has 19 heavy (non-hydrogen) atoms. The first-order valence-electron chi connectivity index (χ1n) is 5.85. The van der Waals surface area contributed by atoms with Crippen molar-refractivity contribution in [3.63, 3.8) is 0 Å². The Morgan fingerprint density at radius 2 is 2.05 bits per heavy atom. The fourth-order valence-corrected chi connectivity index (χ4v) is 2.23. The molecule has 0 spiro atoms. The van der Waals surface area contributed by atoms with Crippen LogP contribution in [0.2, 0.25) is 0 Å². The van der Waals surface area contributed by atoms with Crippen molar-refractivity contribution in [1.29, 1.82) is 0 Å². The van der Waals surface area contributed by atoms with Crippen LogP contribution in [-0.2, 0) is 14.8 Å². The van der Waals surface area contributed by atoms with Gasteiger partial charge in [-0.1, -0.05) is 6.07 Å². The maximum atomic E-state index is 11.7. The predicted molar refractivity (Wildman–Crippen MR) is 72.4 cm³/mol. The Labute approximate surface area is 112 Å². The van der Waals surface area contributed by atoms with E-state index < -0.39 is 10.0 Å². The highest BCUT2D eigenvalue weighted by molar-refractivity contribution is 7.89. The van der Waals surface area contributed by atoms with Gasteiger partial charge in [-0.3, -0.25) is 4.79 Å². The van der Waals surface area contributed by atoms with Crippen LogP contribution in [-0.4, -0.2) is 33.1 Å². The van der Waals surface area contributed by atoms with Crippen molar-refractivity contribution in [2.45, 2.75) is 24.7 Å². The molecule has 0 aliphatic heterocycles. The van der Waals surface area contributed by atoms with Gasteiger partial charge in [-0.25, -0.2) is 13.1 Å². The van der Waals surface area contributed by atoms with E-state index in [4.69, 9.17) is 5.11 Å². The van der Waals surface area contributed by atoms with Crippen molar-refractivity contribution >= 4 is 21.6 Å². The highest BCUT2D eigenvalue weighted by Crippen LogP contribution is 2.20. The van der Waals surface area contributed by atoms with E-state index in [0.29, 0.717) is 12.1 Å². The van der Waals surface area contributed by atoms with E-state index in [9.17, 15) is 13.2 Å². The lowest BCUT2D eigenvalue weighted by Crippen LogP contribution is -2.19. The zero-order chi connectivity index (χ0) is 14.5. The molecule has 1 amide bonds. The molecule has 0 aromatic heterocycles. The molecule has 6 nitrogen and oxygen atoms in total. The second-order valence-corrected chi connectivity index (χ2v) is 5.95. The molecule has 1 aromatic carbocycles. The first-order chi connectivity index (χ1) is 8.90. The summed E-state index contributed by atoms with van der Waals surface area (Å²) in [7, 11) is -2.20. The van der Waals surface area contributed by atoms with Crippen molar-refractivity contribution in [3.8, 4) is 0 Å². The summed E-state index contributed by atoms with van der Waals surface area (Å²) < 4.78 is 25.5. The van der Waals surface area contributed by atoms with Gasteiger partial charge in [-0.2, -0.15) is 0 Å². The Morgan fingerprint density at radius 1 is 1.37 bits per heavy atom. The Balaban J connectivity index is 2.95. The van der Waals surface area contributed by atoms with Crippen LogP contribution in [0.3, 0.4) is 0 Å². The van der Waals surface area contributed by atoms with Crippen molar-refractivity contribution in [2.75, 3.05) is 19.0 Å². The number of hydrogen-bond donors (Lipinski definition) is 3. The van der Waals surface area contributed by atoms with Crippen molar-refractivity contribution in [3.05, 3.63) is 23.8 Å². The van der Waals surface area contributed by atoms with Crippen LogP contribution in [0.1, 0.15) is 18.4 Å². The number of carbonyl (C=O) groups excluding carboxylic acids is 1. The van der Waals surface area contributed by atoms with Gasteiger partial charge < -0.3 is 10.4 Å². The molecule has 0 aliphatic rings. The van der Waals surface area contributed by atoms with E-state index in [2.05, 4.69) is 10.0 Å². The second kappa shape index (κ2) is 6.65. The largest absolute Gasteiger partial charge is 0.396 e. The molecule has 0 radical (unpaired) electrons. The van der Waals surface area contributed by atoms with E-state index in [1.807, 2.05) is 0 Å². The summed E-state index contributed by atoms with van der Waals surface area (Å²) in [6.45, 7) is 1.72. The number of hydrogen-bond acceptors (Lipinski definition) is 4. The minimum absolute atomic E-state index is 0.0550. The van der Waals surface area contributed by atoms with Gasteiger partial charge in [-0.05, 0) is 38.1 Å². The third-order valence-corrected chi connectivity index (χ3v) is 4.04. The van der Waals surface area contributed by atoms with E-state index >= 15 is 0 Å². The van der Waals surface area contributed by atoms with Crippen molar-refractivity contribution < 1.29 is 18.3 Å². The second-order valence-electron chi connectivity index (χ2n) is 4.06. The molecule has 0 bridgehead atoms. The molecular formula is C12H18N2O4S. The smallest absolute Gasteiger partial charge is 0.240 e. The summed E-state index contributed by atoms with van der Waals surface area (Å²) in [5, 5.41) is 11.3. The summed E-state index contributed by atoms with van der Waals surface area (Å²) in [6, 6.07) is 4.52. The number of rotatable bonds is 6. The van der Waals surface area contributed by atoms with E-state index in [1.165, 1.54) is 19.2 Å². The van der Waals surface area contributed by atoms with Crippen molar-refractivity contribution in [1.82, 2.24) is 4.72 Å². The molecule has 0 fully saturated rings. The molecule has 1 rings (SSSR count). The highest BCUT2D eigenvalue weighted by atomic mass is 32.2. The quantitative estimate of drug-likeness (QED) is 0.714. The number of anilines is 1. The SMILES string of the molecule is CNS(=O)(=O)c1ccc(C)c(NC(=O)CCCO)c1. The highest BCUT2D eigenvalue weighted by Gasteiger charge is 2.13. The van der Waals surface area contributed by atoms with Crippen LogP contribution < -0.4 is 10.0 Å². The van der Waals surface area contributed by atoms with Gasteiger partial charge in [0.05, 0.1) is 4.90 Å². The average molecular weight is 286 g/mol. The zero-order valence-corrected chi connectivity index (χ0v) is 11.8. The Kier molecular flexibility index (Phi) is 5.46. The number of benzene rings is 1. The molecular weight excluding hydrogens is 268 g/mol. The van der Waals surface area contributed by atoms with Gasteiger partial charge in [0, 0.05) is 18.7 Å². The van der Waals surface area contributed by atoms with Crippen LogP contribution >= 0.6 is 0 Å². The summed E-state index contributed by atoms with van der Waals surface area (Å²) in [4.78, 5) is 11.7. The lowest BCUT2D eigenvalue weighted by Gasteiger charge is -2.10. The van der Waals surface area contributed by atoms with Gasteiger partial charge in [0.2, 0.25) is 15.9 Å². The first kappa shape index (κ1) is 15.6. The molecule has 3 N–H and O–H groups in total. The number of aliphatic hydroxyl groups is 1. The number of aryl methyl sites for hydroxylation is 1. The van der Waals surface area contributed by atoms with Crippen molar-refractivity contribution in [2.24, 2.45) is 0 Å². The topological polar surface area (TPSA) is 95.5 Å². The lowest BCUT2D eigenvalue weighted by molar-refractivity contribution is -0.116. The minimum atomic E-state index is -3.53. The third kappa shape index (κ3) is 4.30. The third-order valence-electron chi connectivity index (χ3n) is 2.62. The zero-order valence-electron chi connectivity index (χ0n) is 10.9. The van der Waals surface area contributed by atoms with Gasteiger partial charge in [-0.15, -0.1) is 0 Å². The summed E-state index contributed by atoms with van der Waals surface area (Å²) in [5.74, 6) is -0.254. The number of amides is 1. The summed E-state index contributed by atoms with van der Waals surface area (Å²) >= 11 is 0. The Morgan fingerprint density at radius 3 is 2.63 bits per heavy atom. The maximum absolute atomic E-state index is 11.7. The average Bonchev–Trinajstić information content (AvgIpc) is 2.38. The molecule has 7 heteroatoms. The summed E-state index contributed by atoms with van der Waals surface area (Å²) in [6.07, 6.45) is 0.568. The Bertz CT molecular complexity index is 555. The Hall–Kier alpha value is -1.44. The lowest BCUT2D eigenvalue weighted by atomic mass is 10.2. The van der Waals surface area contributed by atoms with Gasteiger partial charge >= 0.3 is 0 Å². The molecule has 106 valence electrons. The van der Waals surface area contributed by atoms with Crippen LogP contribution in [0.25, 0.3) is 0 Å². The number of sulfonamides is 1. The predicted octanol–water partition coefficient (Wildman–Crippen LogP) is 0.614. The molecule has 1 aromatic rings. The number of carbonyl (C=O) groups is 1. The molecule has 0 heterocycles. The fraction of sp³-hybridized carbons (Fsp3) is 0.417. The van der Waals surface area contributed by atoms with Gasteiger partial charge in [0.1, 0.15) is 0 Å². The normalized spacial score (nSPS) is 11.3. The standard InChI is InChI=1S/C12H18N2O4S/c1-9-5-6-10(19(17,18)13-2)8-11(9)14-12(16)4-3-7-15/h5-6,8,13,15H,3-4,7H2,1-2H3,(H,14,16). The van der Waals surface area contributed by atoms with E-state index in [1.54, 1.807) is 13.0 Å². The van der Waals surface area contributed by atoms with Gasteiger partial charge in [0.15, 0.2) is 0 Å². The fourth-order valence-electron chi connectivity index (χ4n) is 1.47. The van der Waals surface area contributed by atoms with Crippen LogP contribution in [0.4, 0.5) is 5.69 Å². The number of aliphatic hydroxyl groups excluding tert-OH is 1. The monoisotopic (exact) mass is 286 g/mol. The molecule has 0 atom stereocenters. The van der Waals surface area contributed by atoms with Crippen LogP contribution in [0, 0.1) is 6.92 Å². The van der Waals surface area contributed by atoms with Crippen LogP contribution in [0.15, 0.2) is 23.1 Å². The molecule has 0 saturated carbocycles.